The second kappa shape index (κ2) is 7.58. The second-order valence-electron chi connectivity index (χ2n) is 6.72. The van der Waals surface area contributed by atoms with Crippen molar-refractivity contribution in [2.75, 3.05) is 19.8 Å². The molecule has 1 aliphatic carbocycles. The number of nitro groups is 1. The molecular formula is C17H21ClN2O5. The summed E-state index contributed by atoms with van der Waals surface area (Å²) in [7, 11) is 0. The topological polar surface area (TPSA) is 105 Å². The predicted molar refractivity (Wildman–Crippen MR) is 91.9 cm³/mol. The number of carbonyl (C=O) groups is 1. The summed E-state index contributed by atoms with van der Waals surface area (Å²) < 4.78 is 11.2. The van der Waals surface area contributed by atoms with Crippen LogP contribution in [0.5, 0.6) is 5.75 Å². The second-order valence-corrected chi connectivity index (χ2v) is 7.10. The minimum atomic E-state index is -0.761. The van der Waals surface area contributed by atoms with Crippen LogP contribution in [0.15, 0.2) is 12.1 Å². The Morgan fingerprint density at radius 2 is 2.04 bits per heavy atom. The van der Waals surface area contributed by atoms with E-state index in [4.69, 9.17) is 26.8 Å². The molecule has 0 spiro atoms. The van der Waals surface area contributed by atoms with Crippen molar-refractivity contribution in [3.05, 3.63) is 32.8 Å². The summed E-state index contributed by atoms with van der Waals surface area (Å²) in [4.78, 5) is 21.8. The van der Waals surface area contributed by atoms with E-state index in [0.717, 1.165) is 32.1 Å². The van der Waals surface area contributed by atoms with Gasteiger partial charge >= 0.3 is 0 Å². The first kappa shape index (κ1) is 17.9. The lowest BCUT2D eigenvalue weighted by Gasteiger charge is -2.30. The van der Waals surface area contributed by atoms with Crippen LogP contribution in [-0.2, 0) is 4.74 Å². The van der Waals surface area contributed by atoms with Crippen molar-refractivity contribution < 1.29 is 19.2 Å². The number of nitrogens with two attached hydrogens (primary N) is 1. The fourth-order valence-electron chi connectivity index (χ4n) is 3.96. The number of amides is 1. The van der Waals surface area contributed by atoms with Crippen LogP contribution in [0, 0.1) is 27.9 Å². The summed E-state index contributed by atoms with van der Waals surface area (Å²) in [6.45, 7) is 2.08. The van der Waals surface area contributed by atoms with Crippen LogP contribution >= 0.6 is 11.6 Å². The summed E-state index contributed by atoms with van der Waals surface area (Å²) in [5, 5.41) is 11.0. The first-order chi connectivity index (χ1) is 12.0. The number of ether oxygens (including phenoxy) is 2. The van der Waals surface area contributed by atoms with Crippen molar-refractivity contribution in [3.8, 4) is 5.75 Å². The molecule has 136 valence electrons. The van der Waals surface area contributed by atoms with Gasteiger partial charge in [0.25, 0.3) is 5.69 Å². The van der Waals surface area contributed by atoms with Gasteiger partial charge in [0.2, 0.25) is 5.91 Å². The zero-order chi connectivity index (χ0) is 18.0. The average Bonchev–Trinajstić information content (AvgIpc) is 2.79. The van der Waals surface area contributed by atoms with Gasteiger partial charge in [0.1, 0.15) is 5.75 Å². The Bertz CT molecular complexity index is 665. The van der Waals surface area contributed by atoms with Gasteiger partial charge in [-0.05, 0) is 49.5 Å². The number of fused-ring (bicyclic) bond motifs is 2. The van der Waals surface area contributed by atoms with Crippen LogP contribution in [0.4, 0.5) is 5.69 Å². The molecule has 3 rings (SSSR count). The lowest BCUT2D eigenvalue weighted by atomic mass is 9.85. The van der Waals surface area contributed by atoms with Crippen LogP contribution in [0.2, 0.25) is 5.02 Å². The number of nitrogens with zero attached hydrogens (tertiary/aromatic N) is 1. The number of hydrogen-bond acceptors (Lipinski definition) is 5. The Hall–Kier alpha value is -1.86. The first-order valence-electron chi connectivity index (χ1n) is 8.45. The van der Waals surface area contributed by atoms with Gasteiger partial charge in [-0.2, -0.15) is 0 Å². The molecule has 2 aliphatic rings. The maximum absolute atomic E-state index is 11.3. The van der Waals surface area contributed by atoms with E-state index in [-0.39, 0.29) is 22.0 Å². The molecule has 1 saturated heterocycles. The molecular weight excluding hydrogens is 348 g/mol. The summed E-state index contributed by atoms with van der Waals surface area (Å²) >= 11 is 6.03. The monoisotopic (exact) mass is 368 g/mol. The molecule has 8 heteroatoms. The number of hydrogen-bond donors (Lipinski definition) is 1. The van der Waals surface area contributed by atoms with Gasteiger partial charge in [0, 0.05) is 24.8 Å². The fraction of sp³-hybridized carbons (Fsp3) is 0.588. The minimum absolute atomic E-state index is 0.00794. The molecule has 1 aromatic carbocycles. The Morgan fingerprint density at radius 3 is 2.64 bits per heavy atom. The van der Waals surface area contributed by atoms with Gasteiger partial charge in [-0.15, -0.1) is 0 Å². The lowest BCUT2D eigenvalue weighted by molar-refractivity contribution is -0.384. The number of halogens is 1. The lowest BCUT2D eigenvalue weighted by Crippen LogP contribution is -2.28. The number of rotatable bonds is 7. The largest absolute Gasteiger partial charge is 0.492 e. The van der Waals surface area contributed by atoms with Crippen LogP contribution < -0.4 is 10.5 Å². The van der Waals surface area contributed by atoms with E-state index in [1.807, 2.05) is 0 Å². The number of benzene rings is 1. The summed E-state index contributed by atoms with van der Waals surface area (Å²) in [6, 6.07) is 2.42. The van der Waals surface area contributed by atoms with Crippen molar-refractivity contribution in [1.82, 2.24) is 0 Å². The maximum atomic E-state index is 11.3. The molecule has 25 heavy (non-hydrogen) atoms. The molecule has 2 N–H and O–H groups in total. The standard InChI is InChI=1S/C17H21ClN2O5/c18-16-14(20(22)23)6-12(17(19)21)7-15(16)25-5-1-2-13-10-3-4-11(13)9-24-8-10/h6-7,10-11,13H,1-5,8-9H2,(H2,19,21). The Labute approximate surface area is 150 Å². The highest BCUT2D eigenvalue weighted by Gasteiger charge is 2.38. The van der Waals surface area contributed by atoms with Gasteiger partial charge in [-0.25, -0.2) is 0 Å². The van der Waals surface area contributed by atoms with Crippen molar-refractivity contribution in [2.24, 2.45) is 23.5 Å². The highest BCUT2D eigenvalue weighted by molar-refractivity contribution is 6.34. The van der Waals surface area contributed by atoms with Crippen LogP contribution in [0.3, 0.4) is 0 Å². The van der Waals surface area contributed by atoms with Crippen molar-refractivity contribution in [1.29, 1.82) is 0 Å². The van der Waals surface area contributed by atoms with Gasteiger partial charge in [0.15, 0.2) is 5.02 Å². The molecule has 1 aliphatic heterocycles. The highest BCUT2D eigenvalue weighted by Crippen LogP contribution is 2.43. The van der Waals surface area contributed by atoms with Gasteiger partial charge in [-0.3, -0.25) is 14.9 Å². The molecule has 0 radical (unpaired) electrons. The predicted octanol–water partition coefficient (Wildman–Crippen LogP) is 3.18. The molecule has 1 aromatic rings. The van der Waals surface area contributed by atoms with Gasteiger partial charge in [0.05, 0.1) is 11.5 Å². The van der Waals surface area contributed by atoms with E-state index >= 15 is 0 Å². The van der Waals surface area contributed by atoms with Crippen LogP contribution in [0.25, 0.3) is 0 Å². The van der Waals surface area contributed by atoms with Gasteiger partial charge < -0.3 is 15.2 Å². The maximum Gasteiger partial charge on any atom is 0.292 e. The van der Waals surface area contributed by atoms with Crippen LogP contribution in [0.1, 0.15) is 36.0 Å². The number of carbonyl (C=O) groups excluding carboxylic acids is 1. The molecule has 7 nitrogen and oxygen atoms in total. The molecule has 1 amide bonds. The fourth-order valence-corrected chi connectivity index (χ4v) is 4.19. The van der Waals surface area contributed by atoms with E-state index in [2.05, 4.69) is 0 Å². The SMILES string of the molecule is NC(=O)c1cc(OCCCC2C3CCC2COC3)c(Cl)c([N+](=O)[O-])c1. The zero-order valence-electron chi connectivity index (χ0n) is 13.8. The Balaban J connectivity index is 1.61. The number of nitro benzene ring substituents is 1. The summed E-state index contributed by atoms with van der Waals surface area (Å²) in [5.41, 5.74) is 4.85. The smallest absolute Gasteiger partial charge is 0.292 e. The molecule has 1 heterocycles. The summed E-state index contributed by atoms with van der Waals surface area (Å²) in [6.07, 6.45) is 4.32. The molecule has 1 saturated carbocycles. The highest BCUT2D eigenvalue weighted by atomic mass is 35.5. The molecule has 2 bridgehead atoms. The summed E-state index contributed by atoms with van der Waals surface area (Å²) in [5.74, 6) is 1.31. The van der Waals surface area contributed by atoms with Gasteiger partial charge in [-0.1, -0.05) is 11.6 Å². The van der Waals surface area contributed by atoms with Crippen molar-refractivity contribution >= 4 is 23.2 Å². The molecule has 2 atom stereocenters. The Kier molecular flexibility index (Phi) is 5.44. The third-order valence-corrected chi connectivity index (χ3v) is 5.60. The Morgan fingerprint density at radius 1 is 1.36 bits per heavy atom. The van der Waals surface area contributed by atoms with E-state index in [0.29, 0.717) is 24.4 Å². The van der Waals surface area contributed by atoms with E-state index in [9.17, 15) is 14.9 Å². The van der Waals surface area contributed by atoms with Crippen molar-refractivity contribution in [3.63, 3.8) is 0 Å². The molecule has 2 fully saturated rings. The molecule has 2 unspecified atom stereocenters. The third kappa shape index (κ3) is 3.88. The minimum Gasteiger partial charge on any atom is -0.492 e. The first-order valence-corrected chi connectivity index (χ1v) is 8.83. The van der Waals surface area contributed by atoms with Crippen LogP contribution in [-0.4, -0.2) is 30.7 Å². The molecule has 0 aromatic heterocycles. The van der Waals surface area contributed by atoms with E-state index in [1.165, 1.54) is 18.9 Å². The normalized spacial score (nSPS) is 24.9. The van der Waals surface area contributed by atoms with E-state index in [1.54, 1.807) is 0 Å². The zero-order valence-corrected chi connectivity index (χ0v) is 14.5. The third-order valence-electron chi connectivity index (χ3n) is 5.22. The quantitative estimate of drug-likeness (QED) is 0.452. The van der Waals surface area contributed by atoms with Crippen molar-refractivity contribution in [2.45, 2.75) is 25.7 Å². The average molecular weight is 369 g/mol. The van der Waals surface area contributed by atoms with E-state index < -0.39 is 10.8 Å². The number of primary amides is 1.